The summed E-state index contributed by atoms with van der Waals surface area (Å²) in [6.45, 7) is 7.07. The Morgan fingerprint density at radius 1 is 1.44 bits per heavy atom. The number of rotatable bonds is 1. The molecule has 2 heteroatoms. The van der Waals surface area contributed by atoms with Gasteiger partial charge in [-0.05, 0) is 0 Å². The average Bonchev–Trinajstić information content (AvgIpc) is 2.06. The smallest absolute Gasteiger partial charge is 0.106 e. The molecule has 0 saturated carbocycles. The molecule has 1 nitrogen and oxygen atoms in total. The Kier molecular flexibility index (Phi) is 0.745. The van der Waals surface area contributed by atoms with Crippen molar-refractivity contribution in [1.29, 1.82) is 0 Å². The molecule has 0 aromatic rings. The van der Waals surface area contributed by atoms with Gasteiger partial charge >= 0.3 is 0 Å². The van der Waals surface area contributed by atoms with Crippen molar-refractivity contribution in [3.63, 3.8) is 0 Å². The largest absolute Gasteiger partial charge is 0.361 e. The maximum Gasteiger partial charge on any atom is 0.106 e. The second kappa shape index (κ2) is 1.18. The molecule has 1 saturated heterocycles. The Morgan fingerprint density at radius 3 is 2.11 bits per heavy atom. The maximum absolute atomic E-state index is 5.53. The lowest BCUT2D eigenvalue weighted by Gasteiger charge is -2.25. The second-order valence-corrected chi connectivity index (χ2v) is 9.22. The molecule has 2 atom stereocenters. The lowest BCUT2D eigenvalue weighted by molar-refractivity contribution is 0.401. The molecule has 1 heterocycles. The van der Waals surface area contributed by atoms with E-state index in [0.717, 1.165) is 0 Å². The molecule has 0 N–H and O–H groups in total. The molecule has 9 heavy (non-hydrogen) atoms. The fraction of sp³-hybridized carbons (Fsp3) is 0.714. The predicted octanol–water partition coefficient (Wildman–Crippen LogP) is 1.57. The van der Waals surface area contributed by atoms with E-state index in [1.165, 1.54) is 0 Å². The number of epoxide rings is 1. The lowest BCUT2D eigenvalue weighted by Crippen LogP contribution is -2.45. The standard InChI is InChI=1S/C7H12OSi/c1-9(2,3)7-5-4-6(7)8-7/h4-6H,1-3H3. The summed E-state index contributed by atoms with van der Waals surface area (Å²) in [6, 6.07) is 0. The highest BCUT2D eigenvalue weighted by Gasteiger charge is 2.66. The van der Waals surface area contributed by atoms with Crippen LogP contribution in [0.15, 0.2) is 12.2 Å². The van der Waals surface area contributed by atoms with Crippen LogP contribution in [0, 0.1) is 0 Å². The molecule has 50 valence electrons. The van der Waals surface area contributed by atoms with Crippen LogP contribution in [-0.4, -0.2) is 19.4 Å². The van der Waals surface area contributed by atoms with E-state index in [1.54, 1.807) is 0 Å². The molecule has 1 fully saturated rings. The minimum atomic E-state index is -1.03. The van der Waals surface area contributed by atoms with Gasteiger partial charge in [0.1, 0.15) is 11.3 Å². The third-order valence-electron chi connectivity index (χ3n) is 2.38. The van der Waals surface area contributed by atoms with Gasteiger partial charge in [-0.15, -0.1) is 0 Å². The van der Waals surface area contributed by atoms with Crippen LogP contribution in [-0.2, 0) is 4.74 Å². The molecule has 0 aromatic carbocycles. The van der Waals surface area contributed by atoms with Crippen LogP contribution in [0.3, 0.4) is 0 Å². The van der Waals surface area contributed by atoms with Crippen molar-refractivity contribution in [3.8, 4) is 0 Å². The minimum Gasteiger partial charge on any atom is -0.361 e. The molecule has 1 aliphatic carbocycles. The molecule has 0 spiro atoms. The summed E-state index contributed by atoms with van der Waals surface area (Å²) in [7, 11) is -1.03. The first kappa shape index (κ1) is 5.68. The van der Waals surface area contributed by atoms with Crippen molar-refractivity contribution in [2.24, 2.45) is 0 Å². The average molecular weight is 140 g/mol. The van der Waals surface area contributed by atoms with E-state index in [0.29, 0.717) is 6.10 Å². The van der Waals surface area contributed by atoms with Crippen molar-refractivity contribution in [2.45, 2.75) is 31.0 Å². The first-order chi connectivity index (χ1) is 4.06. The van der Waals surface area contributed by atoms with E-state index in [2.05, 4.69) is 31.8 Å². The molecule has 0 bridgehead atoms. The summed E-state index contributed by atoms with van der Waals surface area (Å²) in [5.41, 5.74) is 0. The third kappa shape index (κ3) is 0.485. The van der Waals surface area contributed by atoms with E-state index in [-0.39, 0.29) is 5.22 Å². The highest BCUT2D eigenvalue weighted by atomic mass is 28.3. The number of ether oxygens (including phenoxy) is 1. The van der Waals surface area contributed by atoms with Crippen LogP contribution in [0.1, 0.15) is 0 Å². The van der Waals surface area contributed by atoms with Gasteiger partial charge in [0.15, 0.2) is 0 Å². The normalized spacial score (nSPS) is 45.9. The molecular formula is C7H12OSi. The molecule has 2 unspecified atom stereocenters. The molecule has 2 aliphatic rings. The van der Waals surface area contributed by atoms with E-state index >= 15 is 0 Å². The zero-order valence-corrected chi connectivity index (χ0v) is 7.14. The van der Waals surface area contributed by atoms with Gasteiger partial charge in [-0.2, -0.15) is 0 Å². The van der Waals surface area contributed by atoms with Crippen LogP contribution >= 0.6 is 0 Å². The van der Waals surface area contributed by atoms with Crippen molar-refractivity contribution in [3.05, 3.63) is 12.2 Å². The van der Waals surface area contributed by atoms with Crippen LogP contribution in [0.25, 0.3) is 0 Å². The van der Waals surface area contributed by atoms with Gasteiger partial charge in [0.2, 0.25) is 0 Å². The summed E-state index contributed by atoms with van der Waals surface area (Å²) < 4.78 is 5.53. The fourth-order valence-corrected chi connectivity index (χ4v) is 3.48. The minimum absolute atomic E-state index is 0.285. The van der Waals surface area contributed by atoms with Gasteiger partial charge in [0.05, 0.1) is 8.07 Å². The third-order valence-corrected chi connectivity index (χ3v) is 5.29. The van der Waals surface area contributed by atoms with Gasteiger partial charge in [-0.1, -0.05) is 31.8 Å². The highest BCUT2D eigenvalue weighted by Crippen LogP contribution is 2.52. The quantitative estimate of drug-likeness (QED) is 0.306. The maximum atomic E-state index is 5.53. The Balaban J connectivity index is 2.25. The number of hydrogen-bond acceptors (Lipinski definition) is 1. The van der Waals surface area contributed by atoms with Gasteiger partial charge < -0.3 is 4.74 Å². The van der Waals surface area contributed by atoms with E-state index in [4.69, 9.17) is 4.74 Å². The van der Waals surface area contributed by atoms with Gasteiger partial charge in [-0.25, -0.2) is 0 Å². The molecular weight excluding hydrogens is 128 g/mol. The van der Waals surface area contributed by atoms with Crippen LogP contribution < -0.4 is 0 Å². The summed E-state index contributed by atoms with van der Waals surface area (Å²) in [5.74, 6) is 0. The molecule has 0 amide bonds. The fourth-order valence-electron chi connectivity index (χ4n) is 1.46. The highest BCUT2D eigenvalue weighted by molar-refractivity contribution is 6.80. The summed E-state index contributed by atoms with van der Waals surface area (Å²) in [4.78, 5) is 0. The first-order valence-electron chi connectivity index (χ1n) is 3.43. The second-order valence-electron chi connectivity index (χ2n) is 3.94. The van der Waals surface area contributed by atoms with Crippen LogP contribution in [0.2, 0.25) is 19.6 Å². The monoisotopic (exact) mass is 140 g/mol. The molecule has 0 radical (unpaired) electrons. The van der Waals surface area contributed by atoms with Crippen LogP contribution in [0.5, 0.6) is 0 Å². The molecule has 0 aromatic heterocycles. The Morgan fingerprint density at radius 2 is 2.11 bits per heavy atom. The Hall–Kier alpha value is -0.0831. The number of hydrogen-bond donors (Lipinski definition) is 0. The van der Waals surface area contributed by atoms with E-state index in [1.807, 2.05) is 0 Å². The Bertz CT molecular complexity index is 180. The topological polar surface area (TPSA) is 12.5 Å². The van der Waals surface area contributed by atoms with E-state index < -0.39 is 8.07 Å². The van der Waals surface area contributed by atoms with Crippen molar-refractivity contribution in [2.75, 3.05) is 0 Å². The summed E-state index contributed by atoms with van der Waals surface area (Å²) >= 11 is 0. The van der Waals surface area contributed by atoms with E-state index in [9.17, 15) is 0 Å². The summed E-state index contributed by atoms with van der Waals surface area (Å²) in [6.07, 6.45) is 4.92. The van der Waals surface area contributed by atoms with Crippen molar-refractivity contribution >= 4 is 8.07 Å². The van der Waals surface area contributed by atoms with Crippen molar-refractivity contribution < 1.29 is 4.74 Å². The SMILES string of the molecule is C[Si](C)(C)C12C=CC1O2. The zero-order chi connectivity index (χ0) is 6.70. The van der Waals surface area contributed by atoms with Gasteiger partial charge in [0.25, 0.3) is 0 Å². The van der Waals surface area contributed by atoms with Crippen molar-refractivity contribution in [1.82, 2.24) is 0 Å². The van der Waals surface area contributed by atoms with Gasteiger partial charge in [0, 0.05) is 0 Å². The zero-order valence-electron chi connectivity index (χ0n) is 6.14. The first-order valence-corrected chi connectivity index (χ1v) is 6.93. The Labute approximate surface area is 56.7 Å². The summed E-state index contributed by atoms with van der Waals surface area (Å²) in [5, 5.41) is 0.285. The molecule has 2 rings (SSSR count). The molecule has 1 aliphatic heterocycles. The number of fused-ring (bicyclic) bond motifs is 1. The van der Waals surface area contributed by atoms with Gasteiger partial charge in [-0.3, -0.25) is 0 Å². The lowest BCUT2D eigenvalue weighted by atomic mass is 10.1. The predicted molar refractivity (Wildman–Crippen MR) is 40.1 cm³/mol. The van der Waals surface area contributed by atoms with Crippen LogP contribution in [0.4, 0.5) is 0 Å².